The van der Waals surface area contributed by atoms with Crippen molar-refractivity contribution in [1.29, 1.82) is 0 Å². The maximum absolute atomic E-state index is 12.7. The van der Waals surface area contributed by atoms with Crippen molar-refractivity contribution in [2.45, 2.75) is 4.90 Å². The largest absolute Gasteiger partial charge is 0.478 e. The lowest BCUT2D eigenvalue weighted by Gasteiger charge is -2.17. The number of hydrogen-bond donors (Lipinski definition) is 3. The number of anilines is 1. The van der Waals surface area contributed by atoms with Gasteiger partial charge in [-0.25, -0.2) is 17.9 Å². The van der Waals surface area contributed by atoms with E-state index in [2.05, 4.69) is 10.0 Å². The van der Waals surface area contributed by atoms with Gasteiger partial charge in [-0.1, -0.05) is 24.3 Å². The number of benzene rings is 2. The minimum absolute atomic E-state index is 0.0235. The highest BCUT2D eigenvalue weighted by Gasteiger charge is 2.18. The number of carboxylic acids is 1. The highest BCUT2D eigenvalue weighted by molar-refractivity contribution is 7.89. The Morgan fingerprint density at radius 3 is 2.37 bits per heavy atom. The number of amides is 1. The zero-order valence-corrected chi connectivity index (χ0v) is 15.8. The van der Waals surface area contributed by atoms with Crippen molar-refractivity contribution in [2.75, 3.05) is 32.1 Å². The van der Waals surface area contributed by atoms with Crippen LogP contribution >= 0.6 is 0 Å². The standard InChI is InChI=1S/C18H21N3O5S/c1-21(2)15-7-3-6-14-13(15)5-4-8-16(14)27(25,26)20-12-11-19-17(22)9-10-18(23)24/h3-10,20H,11-12H2,1-2H3,(H,19,22)(H,23,24)/b10-9-. The van der Waals surface area contributed by atoms with Gasteiger partial charge in [-0.05, 0) is 12.1 Å². The second kappa shape index (κ2) is 8.65. The van der Waals surface area contributed by atoms with Crippen LogP contribution in [0.4, 0.5) is 5.69 Å². The van der Waals surface area contributed by atoms with E-state index in [0.717, 1.165) is 17.1 Å². The molecule has 0 heterocycles. The van der Waals surface area contributed by atoms with E-state index in [1.165, 1.54) is 6.07 Å². The van der Waals surface area contributed by atoms with E-state index < -0.39 is 21.9 Å². The number of carbonyl (C=O) groups excluding carboxylic acids is 1. The Bertz CT molecular complexity index is 984. The Kier molecular flexibility index (Phi) is 6.54. The predicted molar refractivity (Wildman–Crippen MR) is 103 cm³/mol. The van der Waals surface area contributed by atoms with Crippen LogP contribution in [0.5, 0.6) is 0 Å². The molecule has 0 aliphatic heterocycles. The molecule has 144 valence electrons. The summed E-state index contributed by atoms with van der Waals surface area (Å²) in [5.74, 6) is -1.85. The van der Waals surface area contributed by atoms with Gasteiger partial charge in [0.05, 0.1) is 4.90 Å². The van der Waals surface area contributed by atoms with Gasteiger partial charge >= 0.3 is 5.97 Å². The minimum atomic E-state index is -3.78. The SMILES string of the molecule is CN(C)c1cccc2c(S(=O)(=O)NCCNC(=O)/C=C\C(=O)O)cccc12. The van der Waals surface area contributed by atoms with Gasteiger partial charge < -0.3 is 15.3 Å². The van der Waals surface area contributed by atoms with Gasteiger partial charge in [-0.2, -0.15) is 0 Å². The van der Waals surface area contributed by atoms with Gasteiger partial charge in [0.2, 0.25) is 15.9 Å². The zero-order valence-electron chi connectivity index (χ0n) is 15.0. The van der Waals surface area contributed by atoms with Crippen molar-refractivity contribution in [3.63, 3.8) is 0 Å². The fraction of sp³-hybridized carbons (Fsp3) is 0.222. The highest BCUT2D eigenvalue weighted by atomic mass is 32.2. The maximum atomic E-state index is 12.7. The third-order valence-electron chi connectivity index (χ3n) is 3.72. The summed E-state index contributed by atoms with van der Waals surface area (Å²) < 4.78 is 27.8. The molecule has 0 radical (unpaired) electrons. The van der Waals surface area contributed by atoms with E-state index in [-0.39, 0.29) is 18.0 Å². The second-order valence-corrected chi connectivity index (χ2v) is 7.62. The van der Waals surface area contributed by atoms with Gasteiger partial charge in [-0.15, -0.1) is 0 Å². The molecule has 2 aromatic rings. The Morgan fingerprint density at radius 1 is 1.04 bits per heavy atom. The predicted octanol–water partition coefficient (Wildman–Crippen LogP) is 0.941. The van der Waals surface area contributed by atoms with Crippen LogP contribution in [-0.2, 0) is 19.6 Å². The van der Waals surface area contributed by atoms with Crippen molar-refractivity contribution in [1.82, 2.24) is 10.0 Å². The van der Waals surface area contributed by atoms with Crippen molar-refractivity contribution in [2.24, 2.45) is 0 Å². The summed E-state index contributed by atoms with van der Waals surface area (Å²) in [6.45, 7) is -0.00548. The van der Waals surface area contributed by atoms with Crippen LogP contribution in [0.3, 0.4) is 0 Å². The van der Waals surface area contributed by atoms with Crippen molar-refractivity contribution in [3.8, 4) is 0 Å². The Hall–Kier alpha value is -2.91. The lowest BCUT2D eigenvalue weighted by Crippen LogP contribution is -2.34. The molecule has 8 nitrogen and oxygen atoms in total. The molecule has 1 amide bonds. The summed E-state index contributed by atoms with van der Waals surface area (Å²) in [4.78, 5) is 23.8. The van der Waals surface area contributed by atoms with E-state index in [9.17, 15) is 18.0 Å². The smallest absolute Gasteiger partial charge is 0.328 e. The molecule has 0 aliphatic carbocycles. The van der Waals surface area contributed by atoms with E-state index in [1.807, 2.05) is 31.1 Å². The molecule has 0 atom stereocenters. The van der Waals surface area contributed by atoms with Crippen LogP contribution in [-0.4, -0.2) is 52.6 Å². The number of aliphatic carboxylic acids is 1. The first-order valence-corrected chi connectivity index (χ1v) is 9.58. The fourth-order valence-corrected chi connectivity index (χ4v) is 3.80. The fourth-order valence-electron chi connectivity index (χ4n) is 2.54. The van der Waals surface area contributed by atoms with E-state index in [4.69, 9.17) is 5.11 Å². The highest BCUT2D eigenvalue weighted by Crippen LogP contribution is 2.29. The molecule has 0 aromatic heterocycles. The molecular formula is C18H21N3O5S. The number of carbonyl (C=O) groups is 2. The molecule has 0 unspecified atom stereocenters. The lowest BCUT2D eigenvalue weighted by atomic mass is 10.1. The van der Waals surface area contributed by atoms with Crippen molar-refractivity contribution < 1.29 is 23.1 Å². The summed E-state index contributed by atoms with van der Waals surface area (Å²) >= 11 is 0. The molecular weight excluding hydrogens is 370 g/mol. The topological polar surface area (TPSA) is 116 Å². The molecule has 0 fully saturated rings. The summed E-state index contributed by atoms with van der Waals surface area (Å²) in [5.41, 5.74) is 0.905. The van der Waals surface area contributed by atoms with Crippen LogP contribution in [0, 0.1) is 0 Å². The second-order valence-electron chi connectivity index (χ2n) is 5.88. The summed E-state index contributed by atoms with van der Waals surface area (Å²) in [5, 5.41) is 12.3. The number of fused-ring (bicyclic) bond motifs is 1. The van der Waals surface area contributed by atoms with Gasteiger partial charge in [0.15, 0.2) is 0 Å². The summed E-state index contributed by atoms with van der Waals surface area (Å²) in [6.07, 6.45) is 1.57. The number of rotatable bonds is 8. The first-order valence-electron chi connectivity index (χ1n) is 8.10. The summed E-state index contributed by atoms with van der Waals surface area (Å²) in [7, 11) is -0.0157. The van der Waals surface area contributed by atoms with Gasteiger partial charge in [-0.3, -0.25) is 4.79 Å². The zero-order chi connectivity index (χ0) is 20.0. The Morgan fingerprint density at radius 2 is 1.70 bits per heavy atom. The minimum Gasteiger partial charge on any atom is -0.478 e. The molecule has 2 aromatic carbocycles. The first kappa shape index (κ1) is 20.4. The van der Waals surface area contributed by atoms with E-state index in [0.29, 0.717) is 11.5 Å². The Labute approximate surface area is 157 Å². The maximum Gasteiger partial charge on any atom is 0.328 e. The van der Waals surface area contributed by atoms with E-state index in [1.54, 1.807) is 18.2 Å². The van der Waals surface area contributed by atoms with Crippen LogP contribution in [0.25, 0.3) is 10.8 Å². The average molecular weight is 391 g/mol. The molecule has 0 saturated carbocycles. The van der Waals surface area contributed by atoms with Crippen molar-refractivity contribution >= 4 is 38.4 Å². The molecule has 2 rings (SSSR count). The average Bonchev–Trinajstić information content (AvgIpc) is 2.62. The quantitative estimate of drug-likeness (QED) is 0.456. The monoisotopic (exact) mass is 391 g/mol. The molecule has 0 spiro atoms. The third kappa shape index (κ3) is 5.28. The number of carboxylic acid groups (broad SMARTS) is 1. The van der Waals surface area contributed by atoms with E-state index >= 15 is 0 Å². The normalized spacial score (nSPS) is 11.6. The van der Waals surface area contributed by atoms with Gasteiger partial charge in [0, 0.05) is 55.8 Å². The molecule has 0 saturated heterocycles. The van der Waals surface area contributed by atoms with Gasteiger partial charge in [0.25, 0.3) is 0 Å². The molecule has 9 heteroatoms. The molecule has 0 aliphatic rings. The number of hydrogen-bond acceptors (Lipinski definition) is 5. The number of nitrogens with zero attached hydrogens (tertiary/aromatic N) is 1. The molecule has 3 N–H and O–H groups in total. The van der Waals surface area contributed by atoms with Crippen LogP contribution < -0.4 is 14.9 Å². The molecule has 27 heavy (non-hydrogen) atoms. The summed E-state index contributed by atoms with van der Waals surface area (Å²) in [6, 6.07) is 10.5. The molecule has 0 bridgehead atoms. The van der Waals surface area contributed by atoms with Gasteiger partial charge in [0.1, 0.15) is 0 Å². The number of sulfonamides is 1. The first-order chi connectivity index (χ1) is 12.7. The lowest BCUT2D eigenvalue weighted by molar-refractivity contribution is -0.131. The van der Waals surface area contributed by atoms with Crippen molar-refractivity contribution in [3.05, 3.63) is 48.6 Å². The van der Waals surface area contributed by atoms with Crippen LogP contribution in [0.15, 0.2) is 53.4 Å². The third-order valence-corrected chi connectivity index (χ3v) is 5.24. The number of nitrogens with one attached hydrogen (secondary N) is 2. The Balaban J connectivity index is 2.12. The van der Waals surface area contributed by atoms with Crippen LogP contribution in [0.2, 0.25) is 0 Å². The van der Waals surface area contributed by atoms with Crippen LogP contribution in [0.1, 0.15) is 0 Å².